The Bertz CT molecular complexity index is 695. The zero-order chi connectivity index (χ0) is 14.1. The lowest BCUT2D eigenvalue weighted by atomic mass is 10.1. The quantitative estimate of drug-likeness (QED) is 0.848. The molecule has 1 aliphatic rings. The van der Waals surface area contributed by atoms with Crippen molar-refractivity contribution in [2.45, 2.75) is 6.92 Å². The molecular formula is C15H12ClN3O. The molecule has 1 N–H and O–H groups in total. The Morgan fingerprint density at radius 3 is 2.55 bits per heavy atom. The number of hydrogen-bond donors (Lipinski definition) is 1. The molecule has 5 heteroatoms. The number of benzene rings is 2. The van der Waals surface area contributed by atoms with Crippen LogP contribution in [0.1, 0.15) is 12.5 Å². The molecular weight excluding hydrogens is 274 g/mol. The van der Waals surface area contributed by atoms with Gasteiger partial charge in [0, 0.05) is 10.6 Å². The maximum absolute atomic E-state index is 12.3. The molecule has 3 rings (SSSR count). The highest BCUT2D eigenvalue weighted by Crippen LogP contribution is 2.31. The average molecular weight is 286 g/mol. The Balaban J connectivity index is 2.17. The van der Waals surface area contributed by atoms with Crippen molar-refractivity contribution in [2.24, 2.45) is 5.10 Å². The van der Waals surface area contributed by atoms with Gasteiger partial charge in [-0.1, -0.05) is 29.8 Å². The summed E-state index contributed by atoms with van der Waals surface area (Å²) in [6, 6.07) is 14.5. The molecule has 2 aromatic rings. The highest BCUT2D eigenvalue weighted by molar-refractivity contribution is 6.30. The number of amides is 2. The highest BCUT2D eigenvalue weighted by Gasteiger charge is 2.23. The molecule has 0 saturated carbocycles. The smallest absolute Gasteiger partial charge is 0.261 e. The summed E-state index contributed by atoms with van der Waals surface area (Å²) < 4.78 is 0. The van der Waals surface area contributed by atoms with Crippen molar-refractivity contribution in [3.05, 3.63) is 59.1 Å². The van der Waals surface area contributed by atoms with E-state index in [-0.39, 0.29) is 6.03 Å². The molecule has 2 aromatic carbocycles. The van der Waals surface area contributed by atoms with E-state index in [2.05, 4.69) is 10.5 Å². The molecule has 0 aliphatic carbocycles. The first-order chi connectivity index (χ1) is 9.66. The zero-order valence-corrected chi connectivity index (χ0v) is 11.6. The minimum atomic E-state index is -0.295. The Labute approximate surface area is 121 Å². The number of nitrogens with one attached hydrogen (secondary N) is 1. The molecule has 20 heavy (non-hydrogen) atoms. The van der Waals surface area contributed by atoms with Crippen LogP contribution in [-0.4, -0.2) is 11.7 Å². The van der Waals surface area contributed by atoms with E-state index < -0.39 is 0 Å². The molecule has 4 nitrogen and oxygen atoms in total. The highest BCUT2D eigenvalue weighted by atomic mass is 35.5. The van der Waals surface area contributed by atoms with Crippen molar-refractivity contribution in [1.82, 2.24) is 5.43 Å². The van der Waals surface area contributed by atoms with Crippen molar-refractivity contribution in [3.63, 3.8) is 0 Å². The fourth-order valence-corrected chi connectivity index (χ4v) is 2.30. The van der Waals surface area contributed by atoms with Gasteiger partial charge in [0.25, 0.3) is 0 Å². The van der Waals surface area contributed by atoms with Gasteiger partial charge >= 0.3 is 6.03 Å². The fourth-order valence-electron chi connectivity index (χ4n) is 2.17. The van der Waals surface area contributed by atoms with Gasteiger partial charge in [-0.15, -0.1) is 0 Å². The monoisotopic (exact) mass is 285 g/mol. The minimum absolute atomic E-state index is 0.295. The number of carbonyl (C=O) groups excluding carboxylic acids is 1. The summed E-state index contributed by atoms with van der Waals surface area (Å²) in [6.07, 6.45) is 0. The Kier molecular flexibility index (Phi) is 3.16. The third kappa shape index (κ3) is 2.14. The number of nitrogens with zero attached hydrogens (tertiary/aromatic N) is 2. The van der Waals surface area contributed by atoms with Crippen LogP contribution in [0.4, 0.5) is 16.2 Å². The number of para-hydroxylation sites is 1. The summed E-state index contributed by atoms with van der Waals surface area (Å²) >= 11 is 5.90. The molecule has 1 heterocycles. The lowest BCUT2D eigenvalue weighted by molar-refractivity contribution is 0.249. The topological polar surface area (TPSA) is 44.7 Å². The second kappa shape index (κ2) is 4.98. The Morgan fingerprint density at radius 2 is 1.80 bits per heavy atom. The van der Waals surface area contributed by atoms with Gasteiger partial charge in [0.2, 0.25) is 0 Å². The van der Waals surface area contributed by atoms with Gasteiger partial charge in [0.05, 0.1) is 17.1 Å². The van der Waals surface area contributed by atoms with Gasteiger partial charge in [-0.25, -0.2) is 10.2 Å². The number of hydrazone groups is 1. The molecule has 100 valence electrons. The minimum Gasteiger partial charge on any atom is -0.261 e. The van der Waals surface area contributed by atoms with Crippen LogP contribution < -0.4 is 10.3 Å². The van der Waals surface area contributed by atoms with Crippen LogP contribution in [0, 0.1) is 0 Å². The van der Waals surface area contributed by atoms with Crippen LogP contribution in [0.2, 0.25) is 5.02 Å². The number of anilines is 2. The van der Waals surface area contributed by atoms with Gasteiger partial charge in [-0.3, -0.25) is 4.90 Å². The SMILES string of the molecule is CC1=NNC(=O)N(c2ccc(Cl)cc2)c2ccccc21. The number of urea groups is 1. The summed E-state index contributed by atoms with van der Waals surface area (Å²) in [5.74, 6) is 0. The number of carbonyl (C=O) groups is 1. The summed E-state index contributed by atoms with van der Waals surface area (Å²) in [7, 11) is 0. The maximum atomic E-state index is 12.3. The van der Waals surface area contributed by atoms with E-state index in [1.165, 1.54) is 0 Å². The first-order valence-electron chi connectivity index (χ1n) is 6.16. The van der Waals surface area contributed by atoms with Crippen LogP contribution >= 0.6 is 11.6 Å². The van der Waals surface area contributed by atoms with Crippen LogP contribution in [0.3, 0.4) is 0 Å². The average Bonchev–Trinajstić information content (AvgIpc) is 2.59. The van der Waals surface area contributed by atoms with Crippen LogP contribution in [0.15, 0.2) is 53.6 Å². The maximum Gasteiger partial charge on any atom is 0.346 e. The molecule has 0 spiro atoms. The van der Waals surface area contributed by atoms with E-state index >= 15 is 0 Å². The third-order valence-electron chi connectivity index (χ3n) is 3.14. The van der Waals surface area contributed by atoms with Crippen molar-refractivity contribution >= 4 is 34.7 Å². The van der Waals surface area contributed by atoms with E-state index in [9.17, 15) is 4.79 Å². The Hall–Kier alpha value is -2.33. The molecule has 0 atom stereocenters. The Morgan fingerprint density at radius 1 is 1.10 bits per heavy atom. The van der Waals surface area contributed by atoms with Gasteiger partial charge < -0.3 is 0 Å². The van der Waals surface area contributed by atoms with Gasteiger partial charge in [-0.05, 0) is 37.3 Å². The van der Waals surface area contributed by atoms with E-state index in [4.69, 9.17) is 11.6 Å². The molecule has 0 aromatic heterocycles. The number of rotatable bonds is 1. The number of fused-ring (bicyclic) bond motifs is 1. The standard InChI is InChI=1S/C15H12ClN3O/c1-10-13-4-2-3-5-14(13)19(15(20)18-17-10)12-8-6-11(16)7-9-12/h2-9H,1H3,(H,18,20). The van der Waals surface area contributed by atoms with Gasteiger partial charge in [0.15, 0.2) is 0 Å². The molecule has 0 radical (unpaired) electrons. The molecule has 0 fully saturated rings. The van der Waals surface area contributed by atoms with E-state index in [0.29, 0.717) is 5.02 Å². The molecule has 0 unspecified atom stereocenters. The summed E-state index contributed by atoms with van der Waals surface area (Å²) in [6.45, 7) is 1.87. The van der Waals surface area contributed by atoms with Crippen molar-refractivity contribution in [1.29, 1.82) is 0 Å². The molecule has 0 saturated heterocycles. The van der Waals surface area contributed by atoms with Gasteiger partial charge in [0.1, 0.15) is 0 Å². The second-order valence-corrected chi connectivity index (χ2v) is 4.88. The largest absolute Gasteiger partial charge is 0.346 e. The van der Waals surface area contributed by atoms with Crippen molar-refractivity contribution in [3.8, 4) is 0 Å². The number of halogens is 1. The normalized spacial score (nSPS) is 14.2. The predicted molar refractivity (Wildman–Crippen MR) is 80.8 cm³/mol. The fraction of sp³-hybridized carbons (Fsp3) is 0.0667. The summed E-state index contributed by atoms with van der Waals surface area (Å²) in [4.78, 5) is 13.9. The van der Waals surface area contributed by atoms with Gasteiger partial charge in [-0.2, -0.15) is 5.10 Å². The van der Waals surface area contributed by atoms with E-state index in [0.717, 1.165) is 22.6 Å². The van der Waals surface area contributed by atoms with Crippen LogP contribution in [0.25, 0.3) is 0 Å². The van der Waals surface area contributed by atoms with Crippen molar-refractivity contribution < 1.29 is 4.79 Å². The molecule has 1 aliphatic heterocycles. The lowest BCUT2D eigenvalue weighted by Crippen LogP contribution is -2.33. The third-order valence-corrected chi connectivity index (χ3v) is 3.39. The van der Waals surface area contributed by atoms with Crippen LogP contribution in [-0.2, 0) is 0 Å². The van der Waals surface area contributed by atoms with E-state index in [1.807, 2.05) is 31.2 Å². The lowest BCUT2D eigenvalue weighted by Gasteiger charge is -2.22. The van der Waals surface area contributed by atoms with E-state index in [1.54, 1.807) is 29.2 Å². The first kappa shape index (κ1) is 12.7. The predicted octanol–water partition coefficient (Wildman–Crippen LogP) is 3.93. The second-order valence-electron chi connectivity index (χ2n) is 4.44. The van der Waals surface area contributed by atoms with Crippen molar-refractivity contribution in [2.75, 3.05) is 4.90 Å². The number of hydrogen-bond acceptors (Lipinski definition) is 2. The summed E-state index contributed by atoms with van der Waals surface area (Å²) in [5, 5.41) is 4.72. The molecule has 0 bridgehead atoms. The first-order valence-corrected chi connectivity index (χ1v) is 6.54. The molecule has 2 amide bonds. The zero-order valence-electron chi connectivity index (χ0n) is 10.8. The summed E-state index contributed by atoms with van der Waals surface area (Å²) in [5.41, 5.74) is 5.77. The van der Waals surface area contributed by atoms with Crippen LogP contribution in [0.5, 0.6) is 0 Å².